The molecule has 0 bridgehead atoms. The average molecular weight is 540 g/mol. The molecular formula is C36H24F2NP. The van der Waals surface area contributed by atoms with Crippen molar-refractivity contribution in [2.24, 2.45) is 6.66 Å². The number of rotatable bonds is 4. The predicted octanol–water partition coefficient (Wildman–Crippen LogP) is 10.9. The molecule has 0 aliphatic heterocycles. The Morgan fingerprint density at radius 1 is 0.525 bits per heavy atom. The Bertz CT molecular complexity index is 2040. The molecule has 7 aromatic rings. The molecule has 0 aliphatic carbocycles. The van der Waals surface area contributed by atoms with E-state index in [9.17, 15) is 4.39 Å². The fourth-order valence-corrected chi connectivity index (χ4v) is 7.92. The van der Waals surface area contributed by atoms with E-state index in [0.717, 1.165) is 39.6 Å². The van der Waals surface area contributed by atoms with Crippen molar-refractivity contribution in [2.45, 2.75) is 0 Å². The van der Waals surface area contributed by atoms with E-state index in [1.54, 1.807) is 0 Å². The fraction of sp³-hybridized carbons (Fsp3) is 0.0278. The fourth-order valence-electron chi connectivity index (χ4n) is 5.71. The highest BCUT2D eigenvalue weighted by atomic mass is 31.1. The van der Waals surface area contributed by atoms with E-state index >= 15 is 4.39 Å². The van der Waals surface area contributed by atoms with Gasteiger partial charge in [-0.05, 0) is 64.0 Å². The second kappa shape index (κ2) is 9.86. The van der Waals surface area contributed by atoms with Gasteiger partial charge in [-0.2, -0.15) is 0 Å². The van der Waals surface area contributed by atoms with Crippen LogP contribution in [-0.2, 0) is 6.66 Å². The molecule has 0 saturated heterocycles. The highest BCUT2D eigenvalue weighted by molar-refractivity contribution is 7.60. The first kappa shape index (κ1) is 24.5. The van der Waals surface area contributed by atoms with Crippen LogP contribution in [0.3, 0.4) is 0 Å². The minimum atomic E-state index is -0.629. The lowest BCUT2D eigenvalue weighted by atomic mass is 9.93. The van der Waals surface area contributed by atoms with Gasteiger partial charge in [-0.15, -0.1) is 7.53 Å². The summed E-state index contributed by atoms with van der Waals surface area (Å²) in [4.78, 5) is 5.01. The molecule has 0 spiro atoms. The SMILES string of the molecule is Cp1c2ccccc2c2cccc(-c3cc(-c4ccccc4-c4ccccc4)cc(-c4ccc(F)cc4F)n3)c21. The Hall–Kier alpha value is -4.59. The van der Waals surface area contributed by atoms with Gasteiger partial charge in [0.15, 0.2) is 0 Å². The quantitative estimate of drug-likeness (QED) is 0.217. The smallest absolute Gasteiger partial charge is 0.135 e. The summed E-state index contributed by atoms with van der Waals surface area (Å²) in [7, 11) is -0.585. The lowest BCUT2D eigenvalue weighted by molar-refractivity contribution is 0.585. The summed E-state index contributed by atoms with van der Waals surface area (Å²) < 4.78 is 29.0. The van der Waals surface area contributed by atoms with Gasteiger partial charge < -0.3 is 0 Å². The molecular weight excluding hydrogens is 515 g/mol. The third-order valence-corrected chi connectivity index (χ3v) is 9.82. The van der Waals surface area contributed by atoms with Gasteiger partial charge >= 0.3 is 0 Å². The zero-order valence-electron chi connectivity index (χ0n) is 21.8. The van der Waals surface area contributed by atoms with Crippen molar-refractivity contribution in [1.82, 2.24) is 4.98 Å². The van der Waals surface area contributed by atoms with Gasteiger partial charge in [-0.3, -0.25) is 0 Å². The number of halogens is 2. The van der Waals surface area contributed by atoms with Crippen LogP contribution in [0.4, 0.5) is 8.78 Å². The lowest BCUT2D eigenvalue weighted by Crippen LogP contribution is -1.95. The third kappa shape index (κ3) is 4.11. The monoisotopic (exact) mass is 539 g/mol. The van der Waals surface area contributed by atoms with E-state index < -0.39 is 19.2 Å². The molecule has 192 valence electrons. The predicted molar refractivity (Wildman–Crippen MR) is 165 cm³/mol. The van der Waals surface area contributed by atoms with Crippen molar-refractivity contribution in [2.75, 3.05) is 0 Å². The van der Waals surface area contributed by atoms with Crippen LogP contribution in [0.15, 0.2) is 127 Å². The van der Waals surface area contributed by atoms with E-state index in [-0.39, 0.29) is 5.56 Å². The first-order chi connectivity index (χ1) is 19.6. The number of hydrogen-bond donors (Lipinski definition) is 0. The first-order valence-corrected chi connectivity index (χ1v) is 15.0. The summed E-state index contributed by atoms with van der Waals surface area (Å²) in [6, 6.07) is 41.1. The van der Waals surface area contributed by atoms with Gasteiger partial charge in [0, 0.05) is 27.4 Å². The minimum absolute atomic E-state index is 0.274. The lowest BCUT2D eigenvalue weighted by Gasteiger charge is -2.15. The van der Waals surface area contributed by atoms with Crippen LogP contribution in [-0.4, -0.2) is 4.98 Å². The van der Waals surface area contributed by atoms with Gasteiger partial charge in [-0.25, -0.2) is 13.8 Å². The Balaban J connectivity index is 1.53. The molecule has 1 atom stereocenters. The zero-order chi connectivity index (χ0) is 27.2. The number of nitrogens with zero attached hydrogens (tertiary/aromatic N) is 1. The molecule has 0 N–H and O–H groups in total. The molecule has 1 nitrogen and oxygen atoms in total. The van der Waals surface area contributed by atoms with Crippen molar-refractivity contribution in [1.29, 1.82) is 0 Å². The Morgan fingerprint density at radius 2 is 1.15 bits per heavy atom. The Morgan fingerprint density at radius 3 is 1.93 bits per heavy atom. The van der Waals surface area contributed by atoms with Crippen molar-refractivity contribution in [3.05, 3.63) is 139 Å². The van der Waals surface area contributed by atoms with Gasteiger partial charge in [0.25, 0.3) is 0 Å². The summed E-state index contributed by atoms with van der Waals surface area (Å²) in [6.07, 6.45) is 0. The number of aromatic nitrogens is 1. The molecule has 0 fully saturated rings. The molecule has 1 unspecified atom stereocenters. The van der Waals surface area contributed by atoms with Crippen molar-refractivity contribution < 1.29 is 8.78 Å². The van der Waals surface area contributed by atoms with E-state index in [2.05, 4.69) is 79.5 Å². The summed E-state index contributed by atoms with van der Waals surface area (Å²) in [6.45, 7) is 2.29. The molecule has 0 aliphatic rings. The van der Waals surface area contributed by atoms with Gasteiger partial charge in [-0.1, -0.05) is 97.1 Å². The summed E-state index contributed by atoms with van der Waals surface area (Å²) in [5.41, 5.74) is 6.70. The topological polar surface area (TPSA) is 12.9 Å². The second-order valence-corrected chi connectivity index (χ2v) is 12.0. The number of hydrogen-bond acceptors (Lipinski definition) is 1. The van der Waals surface area contributed by atoms with Crippen molar-refractivity contribution in [3.63, 3.8) is 0 Å². The van der Waals surface area contributed by atoms with Crippen LogP contribution in [0, 0.1) is 11.6 Å². The van der Waals surface area contributed by atoms with Crippen LogP contribution in [0.2, 0.25) is 0 Å². The van der Waals surface area contributed by atoms with Crippen LogP contribution < -0.4 is 0 Å². The minimum Gasteiger partial charge on any atom is -0.248 e. The van der Waals surface area contributed by atoms with Crippen LogP contribution in [0.5, 0.6) is 0 Å². The molecule has 2 aromatic heterocycles. The Kier molecular flexibility index (Phi) is 6.03. The van der Waals surface area contributed by atoms with E-state index in [0.29, 0.717) is 5.69 Å². The molecule has 5 aromatic carbocycles. The van der Waals surface area contributed by atoms with Crippen LogP contribution in [0.1, 0.15) is 0 Å². The van der Waals surface area contributed by atoms with Gasteiger partial charge in [0.1, 0.15) is 11.6 Å². The molecule has 40 heavy (non-hydrogen) atoms. The van der Waals surface area contributed by atoms with Crippen molar-refractivity contribution >= 4 is 28.5 Å². The number of benzene rings is 5. The highest BCUT2D eigenvalue weighted by Crippen LogP contribution is 2.50. The molecule has 4 heteroatoms. The van der Waals surface area contributed by atoms with Crippen LogP contribution >= 0.6 is 7.53 Å². The molecule has 2 heterocycles. The normalized spacial score (nSPS) is 11.8. The largest absolute Gasteiger partial charge is 0.248 e. The number of aryl methyl sites for hydroxylation is 1. The van der Waals surface area contributed by atoms with E-state index in [4.69, 9.17) is 4.98 Å². The zero-order valence-corrected chi connectivity index (χ0v) is 22.7. The van der Waals surface area contributed by atoms with Crippen LogP contribution in [0.25, 0.3) is 65.8 Å². The maximum atomic E-state index is 15.1. The molecule has 7 rings (SSSR count). The number of pyridine rings is 1. The standard InChI is InChI=1S/C36H24F2NP/c1-40-35-17-8-7-14-28(35)29-15-9-16-31(36(29)40)34-21-24(20-33(39-34)30-19-18-25(37)22-32(30)38)27-13-6-5-12-26(27)23-10-3-2-4-11-23/h2-22H,1H3. The first-order valence-electron chi connectivity index (χ1n) is 13.2. The summed E-state index contributed by atoms with van der Waals surface area (Å²) in [5.74, 6) is -1.24. The van der Waals surface area contributed by atoms with Gasteiger partial charge in [0.2, 0.25) is 0 Å². The average Bonchev–Trinajstić information content (AvgIpc) is 3.29. The second-order valence-electron chi connectivity index (χ2n) is 9.94. The summed E-state index contributed by atoms with van der Waals surface area (Å²) in [5, 5.41) is 5.14. The van der Waals surface area contributed by atoms with E-state index in [1.165, 1.54) is 33.1 Å². The molecule has 0 amide bonds. The van der Waals surface area contributed by atoms with Gasteiger partial charge in [0.05, 0.1) is 11.4 Å². The maximum absolute atomic E-state index is 15.1. The molecule has 0 saturated carbocycles. The molecule has 0 radical (unpaired) electrons. The maximum Gasteiger partial charge on any atom is 0.135 e. The number of fused-ring (bicyclic) bond motifs is 3. The highest BCUT2D eigenvalue weighted by Gasteiger charge is 2.18. The Labute approximate surface area is 232 Å². The third-order valence-electron chi connectivity index (χ3n) is 7.56. The van der Waals surface area contributed by atoms with Crippen molar-refractivity contribution in [3.8, 4) is 44.8 Å². The van der Waals surface area contributed by atoms with E-state index in [1.807, 2.05) is 36.4 Å². The summed E-state index contributed by atoms with van der Waals surface area (Å²) >= 11 is 0.